The fourth-order valence-corrected chi connectivity index (χ4v) is 5.30. The van der Waals surface area contributed by atoms with Gasteiger partial charge in [0, 0.05) is 0 Å². The predicted octanol–water partition coefficient (Wildman–Crippen LogP) is -0.564. The molecule has 14 heteroatoms. The summed E-state index contributed by atoms with van der Waals surface area (Å²) in [7, 11) is -14.0. The second-order valence-corrected chi connectivity index (χ2v) is 10.2. The van der Waals surface area contributed by atoms with Gasteiger partial charge >= 0.3 is 29.6 Å². The molecule has 8 nitrogen and oxygen atoms in total. The number of rotatable bonds is 4. The molecule has 2 rings (SSSR count). The first-order valence-electron chi connectivity index (χ1n) is 6.04. The third-order valence-corrected chi connectivity index (χ3v) is 7.40. The Morgan fingerprint density at radius 1 is 0.692 bits per heavy atom. The van der Waals surface area contributed by atoms with Crippen LogP contribution < -0.4 is 29.6 Å². The molecule has 2 aromatic rings. The SMILES string of the molecule is O=S(=O)(O)c1cc(S(=O)(=O)c2ccc(Cl)c(S(=O)(=O)O)c2)ccc1Cl.[H-].[Na+]. The van der Waals surface area contributed by atoms with E-state index in [1.165, 1.54) is 0 Å². The molecule has 0 saturated heterocycles. The van der Waals surface area contributed by atoms with Crippen molar-refractivity contribution in [2.24, 2.45) is 0 Å². The normalized spacial score (nSPS) is 12.5. The van der Waals surface area contributed by atoms with Gasteiger partial charge in [-0.25, -0.2) is 8.42 Å². The minimum absolute atomic E-state index is 0. The minimum atomic E-state index is -4.79. The van der Waals surface area contributed by atoms with Crippen molar-refractivity contribution in [1.82, 2.24) is 0 Å². The second kappa shape index (κ2) is 8.03. The molecular weight excluding hydrogens is 462 g/mol. The molecular formula is C12H9Cl2NaO8S3. The molecule has 26 heavy (non-hydrogen) atoms. The number of benzene rings is 2. The van der Waals surface area contributed by atoms with Crippen molar-refractivity contribution in [1.29, 1.82) is 0 Å². The molecule has 2 N–H and O–H groups in total. The third kappa shape index (κ3) is 4.98. The van der Waals surface area contributed by atoms with E-state index < -0.39 is 59.7 Å². The van der Waals surface area contributed by atoms with E-state index in [4.69, 9.17) is 32.3 Å². The monoisotopic (exact) mass is 470 g/mol. The first kappa shape index (κ1) is 23.8. The van der Waals surface area contributed by atoms with Crippen molar-refractivity contribution in [2.75, 3.05) is 0 Å². The fraction of sp³-hybridized carbons (Fsp3) is 0. The summed E-state index contributed by atoms with van der Waals surface area (Å²) in [4.78, 5) is -2.82. The van der Waals surface area contributed by atoms with E-state index >= 15 is 0 Å². The van der Waals surface area contributed by atoms with Gasteiger partial charge in [-0.1, -0.05) is 23.2 Å². The van der Waals surface area contributed by atoms with Crippen LogP contribution in [0.5, 0.6) is 0 Å². The number of hydrogen-bond acceptors (Lipinski definition) is 6. The zero-order valence-corrected chi connectivity index (χ0v) is 18.8. The largest absolute Gasteiger partial charge is 1.00 e. The maximum Gasteiger partial charge on any atom is 1.00 e. The van der Waals surface area contributed by atoms with Crippen LogP contribution in [0.2, 0.25) is 10.0 Å². The molecule has 0 aliphatic carbocycles. The molecule has 0 aromatic heterocycles. The smallest absolute Gasteiger partial charge is 1.00 e. The van der Waals surface area contributed by atoms with E-state index in [2.05, 4.69) is 0 Å². The average molecular weight is 471 g/mol. The molecule has 0 heterocycles. The molecule has 0 aliphatic rings. The topological polar surface area (TPSA) is 143 Å². The van der Waals surface area contributed by atoms with Gasteiger partial charge in [-0.3, -0.25) is 9.11 Å². The number of sulfone groups is 1. The van der Waals surface area contributed by atoms with Crippen molar-refractivity contribution < 1.29 is 65.3 Å². The van der Waals surface area contributed by atoms with Crippen LogP contribution in [0.3, 0.4) is 0 Å². The summed E-state index contributed by atoms with van der Waals surface area (Å²) in [5.41, 5.74) is 0. The van der Waals surface area contributed by atoms with Crippen LogP contribution in [0.4, 0.5) is 0 Å². The molecule has 0 spiro atoms. The number of halogens is 2. The van der Waals surface area contributed by atoms with Crippen molar-refractivity contribution in [3.05, 3.63) is 46.4 Å². The van der Waals surface area contributed by atoms with Crippen LogP contribution in [0.15, 0.2) is 56.0 Å². The summed E-state index contributed by atoms with van der Waals surface area (Å²) in [6.07, 6.45) is 0. The quantitative estimate of drug-likeness (QED) is 0.446. The molecule has 0 radical (unpaired) electrons. The Morgan fingerprint density at radius 2 is 1.00 bits per heavy atom. The van der Waals surface area contributed by atoms with Crippen LogP contribution in [0.1, 0.15) is 1.43 Å². The van der Waals surface area contributed by atoms with Crippen LogP contribution in [-0.4, -0.2) is 34.4 Å². The molecule has 138 valence electrons. The van der Waals surface area contributed by atoms with E-state index in [1.807, 2.05) is 0 Å². The van der Waals surface area contributed by atoms with E-state index in [0.717, 1.165) is 24.3 Å². The molecule has 0 bridgehead atoms. The maximum absolute atomic E-state index is 12.6. The van der Waals surface area contributed by atoms with Crippen LogP contribution >= 0.6 is 23.2 Å². The van der Waals surface area contributed by atoms with Gasteiger partial charge in [-0.15, -0.1) is 0 Å². The molecule has 2 aromatic carbocycles. The summed E-state index contributed by atoms with van der Waals surface area (Å²) in [5, 5.41) is -0.813. The Morgan fingerprint density at radius 3 is 1.27 bits per heavy atom. The Bertz CT molecular complexity index is 1090. The molecule has 0 amide bonds. The molecule has 0 atom stereocenters. The average Bonchev–Trinajstić information content (AvgIpc) is 2.45. The summed E-state index contributed by atoms with van der Waals surface area (Å²) >= 11 is 11.2. The van der Waals surface area contributed by atoms with E-state index in [1.54, 1.807) is 0 Å². The van der Waals surface area contributed by atoms with Gasteiger partial charge < -0.3 is 1.43 Å². The van der Waals surface area contributed by atoms with Gasteiger partial charge in [0.1, 0.15) is 9.79 Å². The summed E-state index contributed by atoms with van der Waals surface area (Å²) in [6.45, 7) is 0. The van der Waals surface area contributed by atoms with Crippen LogP contribution in [0.25, 0.3) is 0 Å². The van der Waals surface area contributed by atoms with Crippen molar-refractivity contribution in [3.63, 3.8) is 0 Å². The summed E-state index contributed by atoms with van der Waals surface area (Å²) in [5.74, 6) is 0. The molecule has 0 fully saturated rings. The number of hydrogen-bond donors (Lipinski definition) is 2. The third-order valence-electron chi connectivity index (χ3n) is 2.98. The van der Waals surface area contributed by atoms with E-state index in [-0.39, 0.29) is 31.0 Å². The summed E-state index contributed by atoms with van der Waals surface area (Å²) < 4.78 is 88.3. The van der Waals surface area contributed by atoms with Crippen molar-refractivity contribution in [3.8, 4) is 0 Å². The van der Waals surface area contributed by atoms with Gasteiger partial charge in [0.2, 0.25) is 9.84 Å². The van der Waals surface area contributed by atoms with Gasteiger partial charge in [0.25, 0.3) is 20.2 Å². The maximum atomic E-state index is 12.6. The first-order valence-corrected chi connectivity index (χ1v) is 11.2. The van der Waals surface area contributed by atoms with Gasteiger partial charge in [-0.2, -0.15) is 16.8 Å². The van der Waals surface area contributed by atoms with Crippen molar-refractivity contribution >= 4 is 53.3 Å². The van der Waals surface area contributed by atoms with Crippen molar-refractivity contribution in [2.45, 2.75) is 19.6 Å². The molecule has 0 saturated carbocycles. The Labute approximate surface area is 183 Å². The van der Waals surface area contributed by atoms with E-state index in [9.17, 15) is 25.3 Å². The summed E-state index contributed by atoms with van der Waals surface area (Å²) in [6, 6.07) is 5.06. The molecule has 0 unspecified atom stereocenters. The van der Waals surface area contributed by atoms with E-state index in [0.29, 0.717) is 12.1 Å². The second-order valence-electron chi connectivity index (χ2n) is 4.64. The van der Waals surface area contributed by atoms with Gasteiger partial charge in [0.05, 0.1) is 19.8 Å². The van der Waals surface area contributed by atoms with Crippen LogP contribution in [-0.2, 0) is 30.1 Å². The Kier molecular flexibility index (Phi) is 7.36. The predicted molar refractivity (Wildman–Crippen MR) is 89.1 cm³/mol. The molecule has 0 aliphatic heterocycles. The van der Waals surface area contributed by atoms with Gasteiger partial charge in [0.15, 0.2) is 0 Å². The Hall–Kier alpha value is -0.210. The first-order chi connectivity index (χ1) is 11.2. The minimum Gasteiger partial charge on any atom is -1.00 e. The van der Waals surface area contributed by atoms with Gasteiger partial charge in [-0.05, 0) is 36.4 Å². The Balaban J connectivity index is 0.00000338. The zero-order chi connectivity index (χ0) is 19.2. The zero-order valence-electron chi connectivity index (χ0n) is 13.8. The fourth-order valence-electron chi connectivity index (χ4n) is 1.83. The van der Waals surface area contributed by atoms with Crippen LogP contribution in [0, 0.1) is 0 Å². The standard InChI is InChI=1S/C12H8Cl2O8S3.Na.H/c13-9-3-1-7(5-11(9)24(17,18)19)23(15,16)8-2-4-10(14)12(6-8)25(20,21)22;;/h1-6H,(H,17,18,19)(H,20,21,22);;/q;+1;-1.